The Labute approximate surface area is 166 Å². The van der Waals surface area contributed by atoms with Crippen molar-refractivity contribution in [3.8, 4) is 11.5 Å². The molecule has 1 saturated heterocycles. The van der Waals surface area contributed by atoms with Gasteiger partial charge < -0.3 is 15.6 Å². The first kappa shape index (κ1) is 19.0. The number of aromatic amines is 1. The van der Waals surface area contributed by atoms with E-state index in [1.807, 2.05) is 12.4 Å². The van der Waals surface area contributed by atoms with Gasteiger partial charge in [-0.2, -0.15) is 0 Å². The van der Waals surface area contributed by atoms with Crippen molar-refractivity contribution in [2.24, 2.45) is 11.7 Å². The highest BCUT2D eigenvalue weighted by Gasteiger charge is 2.27. The number of piperidine rings is 1. The molecule has 1 aliphatic rings. The zero-order valence-electron chi connectivity index (χ0n) is 17.1. The van der Waals surface area contributed by atoms with E-state index < -0.39 is 0 Å². The third-order valence-electron chi connectivity index (χ3n) is 6.28. The standard InChI is InChI=1S/C22H30N6/c1-14-4-5-18-21(15(14)2)27-22(26-18)20-13-24-19(12-25-20)17(6-9-23)16-7-10-28(3)11-8-16/h4-5,12-13,16-17H,6-11,23H2,1-3H3,(H,26,27). The van der Waals surface area contributed by atoms with E-state index in [1.165, 1.54) is 24.0 Å². The average Bonchev–Trinajstić information content (AvgIpc) is 3.15. The number of aryl methyl sites for hydroxylation is 2. The van der Waals surface area contributed by atoms with Gasteiger partial charge in [0.1, 0.15) is 5.69 Å². The predicted octanol–water partition coefficient (Wildman–Crippen LogP) is 3.41. The smallest absolute Gasteiger partial charge is 0.158 e. The first-order valence-electron chi connectivity index (χ1n) is 10.2. The molecule has 3 heterocycles. The summed E-state index contributed by atoms with van der Waals surface area (Å²) in [5, 5.41) is 0. The maximum absolute atomic E-state index is 5.92. The number of fused-ring (bicyclic) bond motifs is 1. The van der Waals surface area contributed by atoms with Crippen molar-refractivity contribution >= 4 is 11.0 Å². The Kier molecular flexibility index (Phi) is 5.42. The van der Waals surface area contributed by atoms with Gasteiger partial charge in [0.05, 0.1) is 22.9 Å². The van der Waals surface area contributed by atoms with E-state index in [-0.39, 0.29) is 0 Å². The molecular formula is C22H30N6. The Balaban J connectivity index is 1.59. The minimum absolute atomic E-state index is 0.390. The van der Waals surface area contributed by atoms with Gasteiger partial charge in [-0.05, 0) is 82.9 Å². The number of likely N-dealkylation sites (tertiary alicyclic amines) is 1. The lowest BCUT2D eigenvalue weighted by Gasteiger charge is -2.34. The van der Waals surface area contributed by atoms with Gasteiger partial charge in [-0.3, -0.25) is 4.98 Å². The van der Waals surface area contributed by atoms with Gasteiger partial charge in [0.2, 0.25) is 0 Å². The number of nitrogens with two attached hydrogens (primary N) is 1. The van der Waals surface area contributed by atoms with E-state index in [2.05, 4.69) is 42.9 Å². The second-order valence-corrected chi connectivity index (χ2v) is 8.14. The lowest BCUT2D eigenvalue weighted by atomic mass is 9.80. The van der Waals surface area contributed by atoms with Gasteiger partial charge in [-0.15, -0.1) is 0 Å². The highest BCUT2D eigenvalue weighted by molar-refractivity contribution is 5.82. The molecule has 3 N–H and O–H groups in total. The van der Waals surface area contributed by atoms with E-state index in [1.54, 1.807) is 0 Å². The van der Waals surface area contributed by atoms with Crippen molar-refractivity contribution < 1.29 is 0 Å². The number of nitrogens with zero attached hydrogens (tertiary/aromatic N) is 4. The third kappa shape index (κ3) is 3.66. The summed E-state index contributed by atoms with van der Waals surface area (Å²) in [6.45, 7) is 7.20. The zero-order chi connectivity index (χ0) is 19.7. The first-order valence-corrected chi connectivity index (χ1v) is 10.2. The molecule has 3 aromatic rings. The number of hydrogen-bond donors (Lipinski definition) is 2. The Bertz CT molecular complexity index is 938. The van der Waals surface area contributed by atoms with Crippen LogP contribution in [-0.4, -0.2) is 51.5 Å². The molecule has 0 saturated carbocycles. The van der Waals surface area contributed by atoms with E-state index in [9.17, 15) is 0 Å². The predicted molar refractivity (Wildman–Crippen MR) is 113 cm³/mol. The third-order valence-corrected chi connectivity index (χ3v) is 6.28. The number of rotatable bonds is 5. The van der Waals surface area contributed by atoms with Gasteiger partial charge in [-0.25, -0.2) is 9.97 Å². The number of nitrogens with one attached hydrogen (secondary N) is 1. The summed E-state index contributed by atoms with van der Waals surface area (Å²) >= 11 is 0. The van der Waals surface area contributed by atoms with Crippen LogP contribution in [0.25, 0.3) is 22.6 Å². The van der Waals surface area contributed by atoms with Gasteiger partial charge in [0.15, 0.2) is 5.82 Å². The van der Waals surface area contributed by atoms with Gasteiger partial charge >= 0.3 is 0 Å². The molecule has 1 aliphatic heterocycles. The summed E-state index contributed by atoms with van der Waals surface area (Å²) in [5.74, 6) is 1.80. The topological polar surface area (TPSA) is 83.7 Å². The molecule has 6 nitrogen and oxygen atoms in total. The Morgan fingerprint density at radius 1 is 1.18 bits per heavy atom. The number of imidazole rings is 1. The molecule has 0 amide bonds. The largest absolute Gasteiger partial charge is 0.337 e. The van der Waals surface area contributed by atoms with Crippen LogP contribution in [0.4, 0.5) is 0 Å². The van der Waals surface area contributed by atoms with E-state index >= 15 is 0 Å². The average molecular weight is 379 g/mol. The first-order chi connectivity index (χ1) is 13.6. The molecule has 2 aromatic heterocycles. The molecule has 28 heavy (non-hydrogen) atoms. The van der Waals surface area contributed by atoms with Crippen LogP contribution < -0.4 is 5.73 Å². The van der Waals surface area contributed by atoms with Crippen LogP contribution in [0, 0.1) is 19.8 Å². The maximum Gasteiger partial charge on any atom is 0.158 e. The Morgan fingerprint density at radius 3 is 2.64 bits per heavy atom. The van der Waals surface area contributed by atoms with Crippen molar-refractivity contribution in [2.75, 3.05) is 26.7 Å². The summed E-state index contributed by atoms with van der Waals surface area (Å²) in [6, 6.07) is 4.20. The number of aromatic nitrogens is 4. The fraction of sp³-hybridized carbons (Fsp3) is 0.500. The zero-order valence-corrected chi connectivity index (χ0v) is 17.1. The minimum atomic E-state index is 0.390. The summed E-state index contributed by atoms with van der Waals surface area (Å²) in [5.41, 5.74) is 12.3. The summed E-state index contributed by atoms with van der Waals surface area (Å²) in [7, 11) is 2.19. The molecule has 0 aliphatic carbocycles. The van der Waals surface area contributed by atoms with Crippen LogP contribution in [0.3, 0.4) is 0 Å². The SMILES string of the molecule is Cc1ccc2[nH]c(-c3cnc(C(CCN)C4CCN(C)CC4)cn3)nc2c1C. The summed E-state index contributed by atoms with van der Waals surface area (Å²) in [6.07, 6.45) is 7.15. The molecular weight excluding hydrogens is 348 g/mol. The molecule has 0 bridgehead atoms. The van der Waals surface area contributed by atoms with E-state index in [0.717, 1.165) is 47.8 Å². The van der Waals surface area contributed by atoms with Crippen LogP contribution >= 0.6 is 0 Å². The maximum atomic E-state index is 5.92. The van der Waals surface area contributed by atoms with Crippen molar-refractivity contribution in [3.05, 3.63) is 41.3 Å². The Hall–Kier alpha value is -2.31. The number of benzene rings is 1. The number of hydrogen-bond acceptors (Lipinski definition) is 5. The van der Waals surface area contributed by atoms with Crippen molar-refractivity contribution in [2.45, 2.75) is 39.0 Å². The van der Waals surface area contributed by atoms with Crippen LogP contribution in [-0.2, 0) is 0 Å². The Morgan fingerprint density at radius 2 is 1.96 bits per heavy atom. The van der Waals surface area contributed by atoms with Gasteiger partial charge in [-0.1, -0.05) is 6.07 Å². The lowest BCUT2D eigenvalue weighted by Crippen LogP contribution is -2.33. The molecule has 148 valence electrons. The van der Waals surface area contributed by atoms with Crippen molar-refractivity contribution in [1.82, 2.24) is 24.8 Å². The van der Waals surface area contributed by atoms with Crippen LogP contribution in [0.15, 0.2) is 24.5 Å². The van der Waals surface area contributed by atoms with E-state index in [0.29, 0.717) is 18.4 Å². The molecule has 4 rings (SSSR count). The van der Waals surface area contributed by atoms with Gasteiger partial charge in [0, 0.05) is 12.1 Å². The number of H-pyrrole nitrogens is 1. The van der Waals surface area contributed by atoms with E-state index in [4.69, 9.17) is 20.7 Å². The van der Waals surface area contributed by atoms with Gasteiger partial charge in [0.25, 0.3) is 0 Å². The normalized spacial score (nSPS) is 17.3. The summed E-state index contributed by atoms with van der Waals surface area (Å²) < 4.78 is 0. The van der Waals surface area contributed by atoms with Crippen molar-refractivity contribution in [3.63, 3.8) is 0 Å². The highest BCUT2D eigenvalue weighted by Crippen LogP contribution is 2.34. The fourth-order valence-electron chi connectivity index (χ4n) is 4.32. The summed E-state index contributed by atoms with van der Waals surface area (Å²) in [4.78, 5) is 20.0. The van der Waals surface area contributed by atoms with Crippen molar-refractivity contribution in [1.29, 1.82) is 0 Å². The molecule has 6 heteroatoms. The lowest BCUT2D eigenvalue weighted by molar-refractivity contribution is 0.193. The molecule has 1 fully saturated rings. The second-order valence-electron chi connectivity index (χ2n) is 8.14. The monoisotopic (exact) mass is 378 g/mol. The quantitative estimate of drug-likeness (QED) is 0.711. The second kappa shape index (κ2) is 7.97. The minimum Gasteiger partial charge on any atom is -0.337 e. The van der Waals surface area contributed by atoms with Crippen LogP contribution in [0.5, 0.6) is 0 Å². The molecule has 1 unspecified atom stereocenters. The molecule has 1 aromatic carbocycles. The molecule has 0 spiro atoms. The molecule has 1 atom stereocenters. The fourth-order valence-corrected chi connectivity index (χ4v) is 4.32. The molecule has 0 radical (unpaired) electrons. The van der Waals surface area contributed by atoms with Crippen LogP contribution in [0.2, 0.25) is 0 Å². The highest BCUT2D eigenvalue weighted by atomic mass is 15.1. The van der Waals surface area contributed by atoms with Crippen LogP contribution in [0.1, 0.15) is 42.0 Å².